The Morgan fingerprint density at radius 3 is 2.22 bits per heavy atom. The van der Waals surface area contributed by atoms with E-state index in [2.05, 4.69) is 20.8 Å². The van der Waals surface area contributed by atoms with Gasteiger partial charge in [0.05, 0.1) is 13.2 Å². The largest absolute Gasteiger partial charge is 0.371 e. The molecule has 0 aromatic rings. The van der Waals surface area contributed by atoms with Crippen LogP contribution in [0.2, 0.25) is 0 Å². The fraction of sp³-hybridized carbons (Fsp3) is 0.625. The normalized spacial score (nSPS) is 9.33. The van der Waals surface area contributed by atoms with Crippen LogP contribution < -0.4 is 0 Å². The summed E-state index contributed by atoms with van der Waals surface area (Å²) in [7, 11) is 0. The van der Waals surface area contributed by atoms with E-state index in [-0.39, 0.29) is 0 Å². The maximum Gasteiger partial charge on any atom is 0.0810 e. The van der Waals surface area contributed by atoms with Crippen molar-refractivity contribution in [2.75, 3.05) is 6.61 Å². The third-order valence-corrected chi connectivity index (χ3v) is 1.32. The number of rotatable bonds is 3. The van der Waals surface area contributed by atoms with E-state index in [9.17, 15) is 0 Å². The van der Waals surface area contributed by atoms with Crippen LogP contribution >= 0.6 is 0 Å². The Kier molecular flexibility index (Phi) is 4.41. The highest BCUT2D eigenvalue weighted by molar-refractivity contribution is 5.06. The molecular weight excluding hydrogens is 112 g/mol. The van der Waals surface area contributed by atoms with Gasteiger partial charge in [0, 0.05) is 0 Å². The molecule has 53 valence electrons. The van der Waals surface area contributed by atoms with Gasteiger partial charge in [-0.15, -0.1) is 0 Å². The van der Waals surface area contributed by atoms with E-state index in [1.165, 1.54) is 11.1 Å². The number of ether oxygens (including phenoxy) is 1. The standard InChI is InChI=1S/C8H15O/c1-5-9-6-8(4)7(2)3/h5H,6H2,1-4H3. The van der Waals surface area contributed by atoms with Gasteiger partial charge in [-0.05, 0) is 33.3 Å². The van der Waals surface area contributed by atoms with Crippen LogP contribution in [-0.2, 0) is 4.74 Å². The highest BCUT2D eigenvalue weighted by Gasteiger charge is 1.89. The first-order valence-electron chi connectivity index (χ1n) is 3.21. The van der Waals surface area contributed by atoms with Crippen LogP contribution in [-0.4, -0.2) is 6.61 Å². The molecular formula is C8H15O. The molecule has 0 aliphatic rings. The first-order valence-corrected chi connectivity index (χ1v) is 3.21. The van der Waals surface area contributed by atoms with Crippen molar-refractivity contribution in [2.45, 2.75) is 27.7 Å². The Morgan fingerprint density at radius 1 is 1.33 bits per heavy atom. The second-order valence-corrected chi connectivity index (χ2v) is 2.33. The lowest BCUT2D eigenvalue weighted by atomic mass is 10.2. The Bertz CT molecular complexity index is 99.1. The van der Waals surface area contributed by atoms with Gasteiger partial charge in [-0.25, -0.2) is 0 Å². The average Bonchev–Trinajstić information content (AvgIpc) is 1.82. The molecule has 0 bridgehead atoms. The lowest BCUT2D eigenvalue weighted by Gasteiger charge is -2.01. The van der Waals surface area contributed by atoms with Gasteiger partial charge in [-0.2, -0.15) is 0 Å². The molecule has 0 aliphatic carbocycles. The highest BCUT2D eigenvalue weighted by Crippen LogP contribution is 2.01. The molecule has 0 aliphatic heterocycles. The first kappa shape index (κ1) is 8.70. The van der Waals surface area contributed by atoms with Gasteiger partial charge in [-0.1, -0.05) is 5.57 Å². The Labute approximate surface area is 57.7 Å². The molecule has 9 heavy (non-hydrogen) atoms. The predicted octanol–water partition coefficient (Wildman–Crippen LogP) is 2.54. The number of hydrogen-bond acceptors (Lipinski definition) is 1. The molecule has 0 rings (SSSR count). The predicted molar refractivity (Wildman–Crippen MR) is 40.0 cm³/mol. The third-order valence-electron chi connectivity index (χ3n) is 1.32. The van der Waals surface area contributed by atoms with Crippen molar-refractivity contribution in [3.05, 3.63) is 17.8 Å². The van der Waals surface area contributed by atoms with Gasteiger partial charge in [0.15, 0.2) is 0 Å². The maximum absolute atomic E-state index is 5.07. The topological polar surface area (TPSA) is 9.23 Å². The summed E-state index contributed by atoms with van der Waals surface area (Å²) in [6.07, 6.45) is 0. The van der Waals surface area contributed by atoms with Gasteiger partial charge < -0.3 is 4.74 Å². The Balaban J connectivity index is 3.50. The quantitative estimate of drug-likeness (QED) is 0.529. The van der Waals surface area contributed by atoms with Crippen LogP contribution in [0, 0.1) is 6.61 Å². The van der Waals surface area contributed by atoms with Crippen LogP contribution in [0.3, 0.4) is 0 Å². The molecule has 0 unspecified atom stereocenters. The van der Waals surface area contributed by atoms with E-state index in [4.69, 9.17) is 4.74 Å². The van der Waals surface area contributed by atoms with Crippen molar-refractivity contribution in [3.8, 4) is 0 Å². The lowest BCUT2D eigenvalue weighted by Crippen LogP contribution is -1.92. The second kappa shape index (κ2) is 4.57. The molecule has 0 saturated carbocycles. The Hall–Kier alpha value is -0.300. The Morgan fingerprint density at radius 2 is 1.89 bits per heavy atom. The molecule has 0 amide bonds. The summed E-state index contributed by atoms with van der Waals surface area (Å²) < 4.78 is 5.07. The highest BCUT2D eigenvalue weighted by atomic mass is 16.5. The summed E-state index contributed by atoms with van der Waals surface area (Å²) in [5.41, 5.74) is 2.66. The summed E-state index contributed by atoms with van der Waals surface area (Å²) >= 11 is 0. The monoisotopic (exact) mass is 127 g/mol. The van der Waals surface area contributed by atoms with E-state index < -0.39 is 0 Å². The molecule has 0 heterocycles. The molecule has 0 atom stereocenters. The summed E-state index contributed by atoms with van der Waals surface area (Å²) in [5.74, 6) is 0. The van der Waals surface area contributed by atoms with Gasteiger partial charge >= 0.3 is 0 Å². The fourth-order valence-electron chi connectivity index (χ4n) is 0.353. The van der Waals surface area contributed by atoms with Gasteiger partial charge in [0.1, 0.15) is 0 Å². The average molecular weight is 127 g/mol. The first-order chi connectivity index (χ1) is 4.18. The van der Waals surface area contributed by atoms with E-state index >= 15 is 0 Å². The summed E-state index contributed by atoms with van der Waals surface area (Å²) in [6, 6.07) is 0. The van der Waals surface area contributed by atoms with Crippen LogP contribution in [0.4, 0.5) is 0 Å². The third kappa shape index (κ3) is 4.22. The minimum absolute atomic E-state index is 0.735. The summed E-state index contributed by atoms with van der Waals surface area (Å²) in [4.78, 5) is 0. The number of hydrogen-bond donors (Lipinski definition) is 0. The van der Waals surface area contributed by atoms with Crippen molar-refractivity contribution < 1.29 is 4.74 Å². The van der Waals surface area contributed by atoms with Crippen molar-refractivity contribution in [2.24, 2.45) is 0 Å². The van der Waals surface area contributed by atoms with E-state index in [1.807, 2.05) is 6.92 Å². The van der Waals surface area contributed by atoms with Gasteiger partial charge in [0.25, 0.3) is 0 Å². The summed E-state index contributed by atoms with van der Waals surface area (Å²) in [5, 5.41) is 0. The van der Waals surface area contributed by atoms with Crippen LogP contribution in [0.15, 0.2) is 11.1 Å². The number of allylic oxidation sites excluding steroid dienone is 1. The molecule has 0 N–H and O–H groups in total. The zero-order valence-corrected chi connectivity index (χ0v) is 6.69. The van der Waals surface area contributed by atoms with Crippen molar-refractivity contribution in [3.63, 3.8) is 0 Å². The maximum atomic E-state index is 5.07. The van der Waals surface area contributed by atoms with Crippen LogP contribution in [0.25, 0.3) is 0 Å². The molecule has 0 spiro atoms. The van der Waals surface area contributed by atoms with Crippen molar-refractivity contribution in [1.29, 1.82) is 0 Å². The fourth-order valence-corrected chi connectivity index (χ4v) is 0.353. The van der Waals surface area contributed by atoms with Gasteiger partial charge in [0.2, 0.25) is 0 Å². The minimum atomic E-state index is 0.735. The molecule has 1 radical (unpaired) electrons. The van der Waals surface area contributed by atoms with E-state index in [0.717, 1.165) is 6.61 Å². The lowest BCUT2D eigenvalue weighted by molar-refractivity contribution is 0.230. The second-order valence-electron chi connectivity index (χ2n) is 2.33. The molecule has 0 aromatic carbocycles. The van der Waals surface area contributed by atoms with Crippen LogP contribution in [0.5, 0.6) is 0 Å². The molecule has 0 fully saturated rings. The van der Waals surface area contributed by atoms with Crippen LogP contribution in [0.1, 0.15) is 27.7 Å². The molecule has 1 heteroatoms. The zero-order valence-electron chi connectivity index (χ0n) is 6.69. The minimum Gasteiger partial charge on any atom is -0.371 e. The van der Waals surface area contributed by atoms with Gasteiger partial charge in [-0.3, -0.25) is 0 Å². The van der Waals surface area contributed by atoms with E-state index in [1.54, 1.807) is 6.61 Å². The molecule has 0 aromatic heterocycles. The molecule has 0 saturated heterocycles. The smallest absolute Gasteiger partial charge is 0.0810 e. The van der Waals surface area contributed by atoms with E-state index in [0.29, 0.717) is 0 Å². The SMILES string of the molecule is C[CH]OCC(C)=C(C)C. The van der Waals surface area contributed by atoms with Crippen molar-refractivity contribution >= 4 is 0 Å². The zero-order chi connectivity index (χ0) is 7.28. The summed E-state index contributed by atoms with van der Waals surface area (Å²) in [6.45, 7) is 10.6. The molecule has 1 nitrogen and oxygen atoms in total. The van der Waals surface area contributed by atoms with Crippen molar-refractivity contribution in [1.82, 2.24) is 0 Å².